The van der Waals surface area contributed by atoms with Gasteiger partial charge in [0.25, 0.3) is 5.91 Å². The maximum Gasteiger partial charge on any atom is 0.409 e. The van der Waals surface area contributed by atoms with Crippen LogP contribution < -0.4 is 19.5 Å². The number of likely N-dealkylation sites (tertiary alicyclic amines) is 1. The molecule has 1 aromatic carbocycles. The SMILES string of the molecule is CCOC(=O)N1CCC(NC(=O)c2c[nH]c3c(-c4c(OCC)ccc5c4OCO5)ncnc23)CC1. The zero-order valence-electron chi connectivity index (χ0n) is 19.6. The Balaban J connectivity index is 1.39. The van der Waals surface area contributed by atoms with Gasteiger partial charge in [0, 0.05) is 25.3 Å². The Morgan fingerprint density at radius 1 is 1.17 bits per heavy atom. The molecule has 0 bridgehead atoms. The van der Waals surface area contributed by atoms with Crippen LogP contribution in [0.1, 0.15) is 37.0 Å². The van der Waals surface area contributed by atoms with Crippen molar-refractivity contribution in [3.8, 4) is 28.5 Å². The lowest BCUT2D eigenvalue weighted by Crippen LogP contribution is -2.46. The molecule has 2 N–H and O–H groups in total. The molecule has 4 heterocycles. The van der Waals surface area contributed by atoms with Crippen molar-refractivity contribution in [2.75, 3.05) is 33.1 Å². The van der Waals surface area contributed by atoms with Crippen LogP contribution in [0.5, 0.6) is 17.2 Å². The van der Waals surface area contributed by atoms with Crippen molar-refractivity contribution in [1.82, 2.24) is 25.2 Å². The maximum atomic E-state index is 13.1. The molecule has 0 saturated carbocycles. The second-order valence-electron chi connectivity index (χ2n) is 8.19. The molecule has 0 unspecified atom stereocenters. The Bertz CT molecular complexity index is 1250. The van der Waals surface area contributed by atoms with Crippen molar-refractivity contribution >= 4 is 23.0 Å². The number of H-pyrrole nitrogens is 1. The fraction of sp³-hybridized carbons (Fsp3) is 0.417. The van der Waals surface area contributed by atoms with E-state index >= 15 is 0 Å². The van der Waals surface area contributed by atoms with Gasteiger partial charge < -0.3 is 34.1 Å². The molecule has 2 aromatic heterocycles. The summed E-state index contributed by atoms with van der Waals surface area (Å²) in [5.41, 5.74) is 2.71. The summed E-state index contributed by atoms with van der Waals surface area (Å²) in [6.07, 6.45) is 4.04. The molecule has 11 nitrogen and oxygen atoms in total. The summed E-state index contributed by atoms with van der Waals surface area (Å²) in [6, 6.07) is 3.57. The van der Waals surface area contributed by atoms with Crippen molar-refractivity contribution in [1.29, 1.82) is 0 Å². The Hall–Kier alpha value is -4.02. The molecule has 1 saturated heterocycles. The van der Waals surface area contributed by atoms with Crippen LogP contribution in [0.15, 0.2) is 24.7 Å². The maximum absolute atomic E-state index is 13.1. The normalized spacial score (nSPS) is 15.3. The highest BCUT2D eigenvalue weighted by Crippen LogP contribution is 2.47. The minimum absolute atomic E-state index is 0.0491. The van der Waals surface area contributed by atoms with E-state index in [2.05, 4.69) is 20.3 Å². The van der Waals surface area contributed by atoms with Crippen LogP contribution >= 0.6 is 0 Å². The summed E-state index contributed by atoms with van der Waals surface area (Å²) in [4.78, 5) is 38.8. The third-order valence-electron chi connectivity index (χ3n) is 6.10. The summed E-state index contributed by atoms with van der Waals surface area (Å²) in [6.45, 7) is 5.67. The molecule has 0 radical (unpaired) electrons. The molecule has 3 aromatic rings. The number of carbonyl (C=O) groups excluding carboxylic acids is 2. The zero-order valence-corrected chi connectivity index (χ0v) is 19.6. The van der Waals surface area contributed by atoms with Crippen molar-refractivity contribution in [3.05, 3.63) is 30.2 Å². The van der Waals surface area contributed by atoms with Crippen LogP contribution in [0.3, 0.4) is 0 Å². The number of nitrogens with one attached hydrogen (secondary N) is 2. The number of piperidine rings is 1. The summed E-state index contributed by atoms with van der Waals surface area (Å²) in [5.74, 6) is 1.52. The Morgan fingerprint density at radius 3 is 2.77 bits per heavy atom. The minimum atomic E-state index is -0.314. The summed E-state index contributed by atoms with van der Waals surface area (Å²) in [5, 5.41) is 3.07. The van der Waals surface area contributed by atoms with E-state index in [9.17, 15) is 9.59 Å². The third-order valence-corrected chi connectivity index (χ3v) is 6.10. The molecule has 2 aliphatic rings. The smallest absolute Gasteiger partial charge is 0.409 e. The van der Waals surface area contributed by atoms with Gasteiger partial charge in [-0.2, -0.15) is 0 Å². The van der Waals surface area contributed by atoms with E-state index in [1.165, 1.54) is 6.33 Å². The first-order valence-electron chi connectivity index (χ1n) is 11.7. The monoisotopic (exact) mass is 481 g/mol. The van der Waals surface area contributed by atoms with Gasteiger partial charge in [0.05, 0.1) is 29.9 Å². The predicted molar refractivity (Wildman–Crippen MR) is 126 cm³/mol. The lowest BCUT2D eigenvalue weighted by atomic mass is 10.0. The number of aromatic amines is 1. The molecule has 35 heavy (non-hydrogen) atoms. The number of fused-ring (bicyclic) bond motifs is 2. The van der Waals surface area contributed by atoms with E-state index in [0.29, 0.717) is 84.2 Å². The van der Waals surface area contributed by atoms with Crippen molar-refractivity contribution in [2.45, 2.75) is 32.7 Å². The van der Waals surface area contributed by atoms with Crippen LogP contribution in [-0.4, -0.2) is 71.0 Å². The van der Waals surface area contributed by atoms with Gasteiger partial charge >= 0.3 is 6.09 Å². The number of amides is 2. The summed E-state index contributed by atoms with van der Waals surface area (Å²) >= 11 is 0. The van der Waals surface area contributed by atoms with Gasteiger partial charge in [0.1, 0.15) is 23.3 Å². The van der Waals surface area contributed by atoms with Crippen LogP contribution in [0, 0.1) is 0 Å². The van der Waals surface area contributed by atoms with E-state index in [0.717, 1.165) is 0 Å². The lowest BCUT2D eigenvalue weighted by Gasteiger charge is -2.31. The van der Waals surface area contributed by atoms with Crippen molar-refractivity contribution in [2.24, 2.45) is 0 Å². The average Bonchev–Trinajstić information content (AvgIpc) is 3.52. The summed E-state index contributed by atoms with van der Waals surface area (Å²) < 4.78 is 22.2. The number of rotatable bonds is 6. The second-order valence-corrected chi connectivity index (χ2v) is 8.19. The molecule has 1 fully saturated rings. The van der Waals surface area contributed by atoms with E-state index in [4.69, 9.17) is 18.9 Å². The molecule has 2 amide bonds. The fourth-order valence-corrected chi connectivity index (χ4v) is 4.44. The summed E-state index contributed by atoms with van der Waals surface area (Å²) in [7, 11) is 0. The van der Waals surface area contributed by atoms with Gasteiger partial charge in [-0.15, -0.1) is 0 Å². The lowest BCUT2D eigenvalue weighted by molar-refractivity contribution is 0.0861. The highest BCUT2D eigenvalue weighted by atomic mass is 16.7. The van der Waals surface area contributed by atoms with Gasteiger partial charge in [0.15, 0.2) is 11.5 Å². The highest BCUT2D eigenvalue weighted by Gasteiger charge is 2.29. The minimum Gasteiger partial charge on any atom is -0.493 e. The standard InChI is InChI=1S/C24H27N5O6/c1-3-32-16-5-6-17-22(35-13-34-17)18(16)20-21-19(26-12-27-20)15(11-25-21)23(30)28-14-7-9-29(10-8-14)24(31)33-4-2/h5-6,11-12,14,25H,3-4,7-10,13H2,1-2H3,(H,28,30). The average molecular weight is 482 g/mol. The molecule has 0 spiro atoms. The number of carbonyl (C=O) groups is 2. The van der Waals surface area contributed by atoms with Crippen LogP contribution in [-0.2, 0) is 4.74 Å². The van der Waals surface area contributed by atoms with Gasteiger partial charge in [-0.25, -0.2) is 14.8 Å². The van der Waals surface area contributed by atoms with Gasteiger partial charge in [0.2, 0.25) is 6.79 Å². The number of benzene rings is 1. The van der Waals surface area contributed by atoms with Crippen LogP contribution in [0.4, 0.5) is 4.79 Å². The van der Waals surface area contributed by atoms with Crippen molar-refractivity contribution in [3.63, 3.8) is 0 Å². The van der Waals surface area contributed by atoms with E-state index < -0.39 is 0 Å². The zero-order chi connectivity index (χ0) is 24.4. The molecule has 184 valence electrons. The Kier molecular flexibility index (Phi) is 6.30. The molecular weight excluding hydrogens is 454 g/mol. The van der Waals surface area contributed by atoms with E-state index in [-0.39, 0.29) is 24.8 Å². The van der Waals surface area contributed by atoms with Gasteiger partial charge in [-0.3, -0.25) is 4.79 Å². The first-order valence-corrected chi connectivity index (χ1v) is 11.7. The number of nitrogens with zero attached hydrogens (tertiary/aromatic N) is 3. The van der Waals surface area contributed by atoms with Crippen LogP contribution in [0.25, 0.3) is 22.3 Å². The van der Waals surface area contributed by atoms with Gasteiger partial charge in [-0.1, -0.05) is 0 Å². The van der Waals surface area contributed by atoms with Gasteiger partial charge in [-0.05, 0) is 38.8 Å². The number of aromatic nitrogens is 3. The Morgan fingerprint density at radius 2 is 2.00 bits per heavy atom. The first-order chi connectivity index (χ1) is 17.1. The van der Waals surface area contributed by atoms with E-state index in [1.54, 1.807) is 24.1 Å². The molecule has 0 aliphatic carbocycles. The molecular formula is C24H27N5O6. The largest absolute Gasteiger partial charge is 0.493 e. The van der Waals surface area contributed by atoms with Crippen LogP contribution in [0.2, 0.25) is 0 Å². The number of ether oxygens (including phenoxy) is 4. The predicted octanol–water partition coefficient (Wildman–Crippen LogP) is 3.10. The highest BCUT2D eigenvalue weighted by molar-refractivity contribution is 6.08. The fourth-order valence-electron chi connectivity index (χ4n) is 4.44. The third kappa shape index (κ3) is 4.29. The molecule has 11 heteroatoms. The van der Waals surface area contributed by atoms with E-state index in [1.807, 2.05) is 13.0 Å². The van der Waals surface area contributed by atoms with Crippen molar-refractivity contribution < 1.29 is 28.5 Å². The molecule has 5 rings (SSSR count). The number of hydrogen-bond acceptors (Lipinski definition) is 8. The number of hydrogen-bond donors (Lipinski definition) is 2. The molecule has 0 atom stereocenters. The first kappa shape index (κ1) is 22.8. The molecule has 2 aliphatic heterocycles. The topological polar surface area (TPSA) is 128 Å². The quantitative estimate of drug-likeness (QED) is 0.550. The second kappa shape index (κ2) is 9.69. The Labute approximate surface area is 201 Å².